The summed E-state index contributed by atoms with van der Waals surface area (Å²) < 4.78 is 51.4. The molecule has 3 atom stereocenters. The van der Waals surface area contributed by atoms with Crippen LogP contribution in [0.15, 0.2) is 24.4 Å². The second-order valence-corrected chi connectivity index (χ2v) is 10.4. The van der Waals surface area contributed by atoms with E-state index in [1.54, 1.807) is 34.4 Å². The number of fused-ring (bicyclic) bond motifs is 3. The molecule has 2 saturated carbocycles. The average molecular weight is 479 g/mol. The zero-order chi connectivity index (χ0) is 22.8. The Kier molecular flexibility index (Phi) is 4.76. The first-order valence-electron chi connectivity index (χ1n) is 11.3. The lowest BCUT2D eigenvalue weighted by molar-refractivity contribution is -0.194. The number of halogens is 3. The molecule has 3 aliphatic rings. The zero-order valence-corrected chi connectivity index (χ0v) is 19.0. The van der Waals surface area contributed by atoms with E-state index in [2.05, 4.69) is 30.7 Å². The van der Waals surface area contributed by atoms with Gasteiger partial charge in [0.15, 0.2) is 11.4 Å². The maximum Gasteiger partial charge on any atom is 0.397 e. The van der Waals surface area contributed by atoms with Crippen LogP contribution >= 0.6 is 11.5 Å². The first kappa shape index (κ1) is 21.0. The van der Waals surface area contributed by atoms with E-state index in [0.717, 1.165) is 31.6 Å². The van der Waals surface area contributed by atoms with Gasteiger partial charge in [0.25, 0.3) is 0 Å². The third-order valence-corrected chi connectivity index (χ3v) is 8.28. The summed E-state index contributed by atoms with van der Waals surface area (Å²) in [7, 11) is 0. The van der Waals surface area contributed by atoms with Crippen molar-refractivity contribution in [3.8, 4) is 5.75 Å². The number of alkyl halides is 3. The van der Waals surface area contributed by atoms with Crippen LogP contribution in [0.4, 0.5) is 24.1 Å². The molecular formula is C22H25F3N6OS. The van der Waals surface area contributed by atoms with Gasteiger partial charge >= 0.3 is 6.18 Å². The van der Waals surface area contributed by atoms with Crippen LogP contribution in [0.1, 0.15) is 31.4 Å². The topological polar surface area (TPSA) is 67.6 Å². The molecule has 3 aromatic heterocycles. The highest BCUT2D eigenvalue weighted by Crippen LogP contribution is 2.57. The Balaban J connectivity index is 1.17. The van der Waals surface area contributed by atoms with Gasteiger partial charge in [0.1, 0.15) is 17.0 Å². The van der Waals surface area contributed by atoms with Gasteiger partial charge in [-0.1, -0.05) is 0 Å². The predicted octanol–water partition coefficient (Wildman–Crippen LogP) is 4.54. The maximum atomic E-state index is 13.3. The molecule has 2 aliphatic carbocycles. The molecular weight excluding hydrogens is 453 g/mol. The highest BCUT2D eigenvalue weighted by atomic mass is 32.1. The Labute approximate surface area is 193 Å². The van der Waals surface area contributed by atoms with Gasteiger partial charge in [-0.05, 0) is 74.2 Å². The van der Waals surface area contributed by atoms with Crippen LogP contribution in [0.5, 0.6) is 5.75 Å². The molecule has 3 aromatic rings. The molecule has 2 bridgehead atoms. The van der Waals surface area contributed by atoms with Crippen molar-refractivity contribution in [3.05, 3.63) is 30.1 Å². The van der Waals surface area contributed by atoms with E-state index in [-0.39, 0.29) is 25.5 Å². The summed E-state index contributed by atoms with van der Waals surface area (Å²) in [6.45, 7) is 3.57. The first-order valence-corrected chi connectivity index (χ1v) is 12.1. The molecule has 33 heavy (non-hydrogen) atoms. The summed E-state index contributed by atoms with van der Waals surface area (Å²) in [4.78, 5) is 7.01. The van der Waals surface area contributed by atoms with Crippen molar-refractivity contribution in [2.75, 3.05) is 29.9 Å². The van der Waals surface area contributed by atoms with Crippen LogP contribution in [0.25, 0.3) is 5.65 Å². The fourth-order valence-electron chi connectivity index (χ4n) is 5.22. The molecule has 0 spiro atoms. The Bertz CT molecular complexity index is 1160. The van der Waals surface area contributed by atoms with Gasteiger partial charge in [0.05, 0.1) is 5.69 Å². The molecule has 2 unspecified atom stereocenters. The van der Waals surface area contributed by atoms with Crippen molar-refractivity contribution >= 4 is 28.1 Å². The lowest BCUT2D eigenvalue weighted by Crippen LogP contribution is -2.48. The summed E-state index contributed by atoms with van der Waals surface area (Å²) in [6, 6.07) is 5.79. The van der Waals surface area contributed by atoms with E-state index in [4.69, 9.17) is 4.74 Å². The van der Waals surface area contributed by atoms with Crippen LogP contribution in [0, 0.1) is 24.2 Å². The minimum atomic E-state index is -4.25. The fourth-order valence-corrected chi connectivity index (χ4v) is 6.00. The van der Waals surface area contributed by atoms with E-state index in [1.165, 1.54) is 5.00 Å². The van der Waals surface area contributed by atoms with E-state index < -0.39 is 11.6 Å². The van der Waals surface area contributed by atoms with E-state index in [9.17, 15) is 13.2 Å². The lowest BCUT2D eigenvalue weighted by atomic mass is 9.92. The summed E-state index contributed by atoms with van der Waals surface area (Å²) in [5, 5.41) is 9.28. The lowest BCUT2D eigenvalue weighted by Gasteiger charge is -2.38. The van der Waals surface area contributed by atoms with Crippen LogP contribution in [-0.4, -0.2) is 50.9 Å². The van der Waals surface area contributed by atoms with Gasteiger partial charge in [-0.2, -0.15) is 22.5 Å². The summed E-state index contributed by atoms with van der Waals surface area (Å²) in [5.41, 5.74) is -0.231. The highest BCUT2D eigenvalue weighted by molar-refractivity contribution is 7.10. The van der Waals surface area contributed by atoms with Crippen molar-refractivity contribution in [1.29, 1.82) is 0 Å². The Morgan fingerprint density at radius 2 is 2.00 bits per heavy atom. The monoisotopic (exact) mass is 478 g/mol. The SMILES string of the molecule is Cc1cc(N2CC3CC[C@@H](C2)C3Nc2nc3c(OCC4(C(F)(F)F)CC4)cccn3n2)sn1. The summed E-state index contributed by atoms with van der Waals surface area (Å²) in [6.07, 6.45) is 0.0178. The van der Waals surface area contributed by atoms with Crippen LogP contribution in [0.2, 0.25) is 0 Å². The highest BCUT2D eigenvalue weighted by Gasteiger charge is 2.64. The van der Waals surface area contributed by atoms with Crippen molar-refractivity contribution < 1.29 is 17.9 Å². The summed E-state index contributed by atoms with van der Waals surface area (Å²) >= 11 is 1.55. The maximum absolute atomic E-state index is 13.3. The van der Waals surface area contributed by atoms with Gasteiger partial charge in [0, 0.05) is 25.3 Å². The fraction of sp³-hybridized carbons (Fsp3) is 0.591. The second-order valence-electron chi connectivity index (χ2n) is 9.62. The number of pyridine rings is 1. The van der Waals surface area contributed by atoms with Gasteiger partial charge in [0.2, 0.25) is 5.95 Å². The minimum Gasteiger partial charge on any atom is -0.489 e. The first-order chi connectivity index (χ1) is 15.8. The number of rotatable bonds is 6. The zero-order valence-electron chi connectivity index (χ0n) is 18.2. The number of nitrogens with zero attached hydrogens (tertiary/aromatic N) is 5. The van der Waals surface area contributed by atoms with Crippen molar-refractivity contribution in [2.45, 2.75) is 44.8 Å². The number of anilines is 2. The number of hydrogen-bond donors (Lipinski definition) is 1. The number of hydrogen-bond acceptors (Lipinski definition) is 7. The molecule has 0 aromatic carbocycles. The van der Waals surface area contributed by atoms with Gasteiger partial charge < -0.3 is 15.0 Å². The van der Waals surface area contributed by atoms with Gasteiger partial charge in [-0.25, -0.2) is 4.52 Å². The van der Waals surface area contributed by atoms with E-state index in [0.29, 0.717) is 29.2 Å². The molecule has 1 aliphatic heterocycles. The van der Waals surface area contributed by atoms with Crippen LogP contribution in [0.3, 0.4) is 0 Å². The summed E-state index contributed by atoms with van der Waals surface area (Å²) in [5.74, 6) is 1.78. The third-order valence-electron chi connectivity index (χ3n) is 7.34. The van der Waals surface area contributed by atoms with Crippen molar-refractivity contribution in [3.63, 3.8) is 0 Å². The molecule has 4 heterocycles. The number of ether oxygens (including phenoxy) is 1. The molecule has 11 heteroatoms. The molecule has 0 amide bonds. The Hall–Kier alpha value is -2.56. The van der Waals surface area contributed by atoms with Crippen LogP contribution < -0.4 is 15.0 Å². The van der Waals surface area contributed by atoms with E-state index in [1.807, 2.05) is 6.92 Å². The Morgan fingerprint density at radius 1 is 1.24 bits per heavy atom. The molecule has 1 saturated heterocycles. The smallest absolute Gasteiger partial charge is 0.397 e. The predicted molar refractivity (Wildman–Crippen MR) is 119 cm³/mol. The number of aromatic nitrogens is 4. The molecule has 0 radical (unpaired) electrons. The molecule has 3 fully saturated rings. The second kappa shape index (κ2) is 7.48. The molecule has 6 rings (SSSR count). The minimum absolute atomic E-state index is 0.113. The normalized spacial score (nSPS) is 26.1. The standard InChI is InChI=1S/C22H25F3N6OS/c1-13-9-17(33-29-13)30-10-14-4-5-15(11-30)18(14)26-20-27-19-16(3-2-8-31(19)28-20)32-12-21(6-7-21)22(23,24)25/h2-3,8-9,14-15,18H,4-7,10-12H2,1H3,(H,26,28)/t14-,15?,18?/m0/s1. The average Bonchev–Trinajstić information content (AvgIpc) is 3.20. The number of aryl methyl sites for hydroxylation is 1. The Morgan fingerprint density at radius 3 is 2.64 bits per heavy atom. The quantitative estimate of drug-likeness (QED) is 0.561. The van der Waals surface area contributed by atoms with Crippen LogP contribution in [-0.2, 0) is 0 Å². The number of piperidine rings is 1. The molecule has 1 N–H and O–H groups in total. The van der Waals surface area contributed by atoms with Crippen molar-refractivity contribution in [2.24, 2.45) is 17.3 Å². The largest absolute Gasteiger partial charge is 0.489 e. The van der Waals surface area contributed by atoms with Gasteiger partial charge in [-0.15, -0.1) is 5.10 Å². The number of nitrogens with one attached hydrogen (secondary N) is 1. The van der Waals surface area contributed by atoms with E-state index >= 15 is 0 Å². The molecule has 176 valence electrons. The van der Waals surface area contributed by atoms with Gasteiger partial charge in [-0.3, -0.25) is 0 Å². The third kappa shape index (κ3) is 3.70. The molecule has 7 nitrogen and oxygen atoms in total. The van der Waals surface area contributed by atoms with Crippen molar-refractivity contribution in [1.82, 2.24) is 19.0 Å².